The topological polar surface area (TPSA) is 119 Å². The number of aromatic nitrogens is 4. The van der Waals surface area contributed by atoms with Gasteiger partial charge in [-0.2, -0.15) is 0 Å². The number of nitrogens with zero attached hydrogens (tertiary/aromatic N) is 5. The first-order valence-corrected chi connectivity index (χ1v) is 13.7. The van der Waals surface area contributed by atoms with Gasteiger partial charge in [-0.1, -0.05) is 0 Å². The zero-order valence-electron chi connectivity index (χ0n) is 21.0. The van der Waals surface area contributed by atoms with Crippen molar-refractivity contribution in [3.63, 3.8) is 0 Å². The van der Waals surface area contributed by atoms with Crippen LogP contribution in [0.2, 0.25) is 0 Å². The molecule has 0 saturated carbocycles. The molecule has 10 nitrogen and oxygen atoms in total. The molecule has 0 aliphatic carbocycles. The molecule has 0 bridgehead atoms. The molecule has 0 radical (unpaired) electrons. The standard InChI is InChI=1S/C25H28FN7OS.CH2O2/c26-16-11-18(17-1-4-28-19(17)12-16)22-30-23-21(24(31-22)33-7-9-34-10-8-33)35-20(29-23)13-32-14-25(15-32)2-5-27-6-3-25;2-1-3/h1,4,11-12,27-28H,2-3,5-10,13-15H2;1H,(H,2,3). The highest BCUT2D eigenvalue weighted by Gasteiger charge is 2.43. The number of fused-ring (bicyclic) bond motifs is 2. The highest BCUT2D eigenvalue weighted by atomic mass is 32.1. The molecule has 1 aromatic carbocycles. The van der Waals surface area contributed by atoms with E-state index in [9.17, 15) is 4.39 Å². The fourth-order valence-corrected chi connectivity index (χ4v) is 6.89. The molecule has 3 aliphatic heterocycles. The molecule has 3 aromatic heterocycles. The fourth-order valence-electron chi connectivity index (χ4n) is 5.83. The molecular formula is C26H30FN7O3S. The van der Waals surface area contributed by atoms with Gasteiger partial charge in [0.25, 0.3) is 6.47 Å². The average Bonchev–Trinajstić information content (AvgIpc) is 3.55. The lowest BCUT2D eigenvalue weighted by Gasteiger charge is -2.52. The number of anilines is 1. The average molecular weight is 540 g/mol. The van der Waals surface area contributed by atoms with Crippen LogP contribution in [0.1, 0.15) is 17.8 Å². The first-order valence-electron chi connectivity index (χ1n) is 12.9. The molecule has 0 unspecified atom stereocenters. The Hall–Kier alpha value is -3.19. The Kier molecular flexibility index (Phi) is 6.95. The molecule has 3 fully saturated rings. The zero-order chi connectivity index (χ0) is 26.1. The largest absolute Gasteiger partial charge is 0.483 e. The van der Waals surface area contributed by atoms with Gasteiger partial charge in [0.2, 0.25) is 0 Å². The second kappa shape index (κ2) is 10.5. The highest BCUT2D eigenvalue weighted by Crippen LogP contribution is 2.41. The summed E-state index contributed by atoms with van der Waals surface area (Å²) in [5.74, 6) is 1.08. The molecule has 7 rings (SSSR count). The number of likely N-dealkylation sites (tertiary alicyclic amines) is 1. The minimum Gasteiger partial charge on any atom is -0.483 e. The van der Waals surface area contributed by atoms with Gasteiger partial charge in [-0.05, 0) is 49.5 Å². The lowest BCUT2D eigenvalue weighted by Crippen LogP contribution is -2.59. The lowest BCUT2D eigenvalue weighted by atomic mass is 9.72. The molecule has 200 valence electrons. The van der Waals surface area contributed by atoms with Crippen LogP contribution < -0.4 is 10.2 Å². The van der Waals surface area contributed by atoms with Gasteiger partial charge in [0.15, 0.2) is 17.3 Å². The van der Waals surface area contributed by atoms with Crippen molar-refractivity contribution in [2.24, 2.45) is 5.41 Å². The van der Waals surface area contributed by atoms with E-state index in [-0.39, 0.29) is 12.3 Å². The smallest absolute Gasteiger partial charge is 0.290 e. The number of benzene rings is 1. The summed E-state index contributed by atoms with van der Waals surface area (Å²) in [5.41, 5.74) is 2.61. The van der Waals surface area contributed by atoms with Crippen LogP contribution in [0.5, 0.6) is 0 Å². The van der Waals surface area contributed by atoms with Gasteiger partial charge in [0.05, 0.1) is 19.8 Å². The van der Waals surface area contributed by atoms with Crippen LogP contribution in [0.15, 0.2) is 24.4 Å². The lowest BCUT2D eigenvalue weighted by molar-refractivity contribution is -0.122. The second-order valence-electron chi connectivity index (χ2n) is 10.1. The van der Waals surface area contributed by atoms with E-state index in [1.807, 2.05) is 12.3 Å². The predicted molar refractivity (Wildman–Crippen MR) is 144 cm³/mol. The summed E-state index contributed by atoms with van der Waals surface area (Å²) in [6.45, 7) is 8.01. The SMILES string of the molecule is Fc1cc(-c2nc(N3CCOCC3)c3sc(CN4CC5(CCNCC5)C4)nc3n2)c2cc[nH]c2c1.O=CO. The minimum absolute atomic E-state index is 0.250. The van der Waals surface area contributed by atoms with Crippen molar-refractivity contribution in [3.8, 4) is 11.4 Å². The van der Waals surface area contributed by atoms with Crippen LogP contribution in [0.25, 0.3) is 32.6 Å². The third-order valence-corrected chi connectivity index (χ3v) is 8.63. The number of aromatic amines is 1. The number of hydrogen-bond acceptors (Lipinski definition) is 9. The second-order valence-corrected chi connectivity index (χ2v) is 11.2. The van der Waals surface area contributed by atoms with E-state index >= 15 is 0 Å². The molecule has 3 aliphatic rings. The van der Waals surface area contributed by atoms with Crippen LogP contribution in [-0.4, -0.2) is 88.9 Å². The van der Waals surface area contributed by atoms with E-state index < -0.39 is 0 Å². The van der Waals surface area contributed by atoms with Crippen LogP contribution in [-0.2, 0) is 16.1 Å². The van der Waals surface area contributed by atoms with Crippen molar-refractivity contribution in [3.05, 3.63) is 35.2 Å². The van der Waals surface area contributed by atoms with Crippen molar-refractivity contribution in [2.75, 3.05) is 57.4 Å². The number of H-pyrrole nitrogens is 1. The summed E-state index contributed by atoms with van der Waals surface area (Å²) in [4.78, 5) is 31.0. The molecule has 12 heteroatoms. The predicted octanol–water partition coefficient (Wildman–Crippen LogP) is 3.10. The van der Waals surface area contributed by atoms with Crippen LogP contribution in [0.4, 0.5) is 10.2 Å². The molecule has 0 atom stereocenters. The number of rotatable bonds is 4. The molecule has 6 heterocycles. The first kappa shape index (κ1) is 25.1. The maximum atomic E-state index is 14.4. The number of ether oxygens (including phenoxy) is 1. The monoisotopic (exact) mass is 539 g/mol. The Morgan fingerprint density at radius 3 is 2.68 bits per heavy atom. The molecule has 38 heavy (non-hydrogen) atoms. The Balaban J connectivity index is 0.000000843. The van der Waals surface area contributed by atoms with Gasteiger partial charge >= 0.3 is 0 Å². The molecule has 1 spiro atoms. The number of halogens is 1. The van der Waals surface area contributed by atoms with Gasteiger partial charge in [-0.25, -0.2) is 19.3 Å². The number of carboxylic acid groups (broad SMARTS) is 1. The Morgan fingerprint density at radius 2 is 1.92 bits per heavy atom. The van der Waals surface area contributed by atoms with Crippen molar-refractivity contribution in [2.45, 2.75) is 19.4 Å². The van der Waals surface area contributed by atoms with Crippen LogP contribution >= 0.6 is 11.3 Å². The van der Waals surface area contributed by atoms with Gasteiger partial charge in [0, 0.05) is 48.8 Å². The van der Waals surface area contributed by atoms with E-state index in [1.54, 1.807) is 11.3 Å². The number of piperidine rings is 1. The fraction of sp³-hybridized carbons (Fsp3) is 0.462. The Morgan fingerprint density at radius 1 is 1.16 bits per heavy atom. The summed E-state index contributed by atoms with van der Waals surface area (Å²) in [5, 5.41) is 12.3. The van der Waals surface area contributed by atoms with E-state index in [0.717, 1.165) is 72.2 Å². The summed E-state index contributed by atoms with van der Waals surface area (Å²) >= 11 is 1.69. The third-order valence-electron chi connectivity index (χ3n) is 7.61. The highest BCUT2D eigenvalue weighted by molar-refractivity contribution is 7.19. The van der Waals surface area contributed by atoms with Gasteiger partial charge < -0.3 is 25.0 Å². The van der Waals surface area contributed by atoms with Gasteiger partial charge in [0.1, 0.15) is 15.5 Å². The Labute approximate surface area is 222 Å². The third kappa shape index (κ3) is 4.84. The maximum Gasteiger partial charge on any atom is 0.290 e. The normalized spacial score (nSPS) is 19.3. The quantitative estimate of drug-likeness (QED) is 0.336. The summed E-state index contributed by atoms with van der Waals surface area (Å²) in [6, 6.07) is 4.97. The zero-order valence-corrected chi connectivity index (χ0v) is 21.8. The minimum atomic E-state index is -0.310. The summed E-state index contributed by atoms with van der Waals surface area (Å²) < 4.78 is 21.0. The molecular weight excluding hydrogens is 509 g/mol. The van der Waals surface area contributed by atoms with Crippen LogP contribution in [0, 0.1) is 11.2 Å². The molecule has 3 N–H and O–H groups in total. The number of morpholine rings is 1. The summed E-state index contributed by atoms with van der Waals surface area (Å²) in [6.07, 6.45) is 4.35. The maximum absolute atomic E-state index is 14.4. The van der Waals surface area contributed by atoms with Crippen LogP contribution in [0.3, 0.4) is 0 Å². The molecule has 0 amide bonds. The number of nitrogens with one attached hydrogen (secondary N) is 2. The molecule has 3 saturated heterocycles. The van der Waals surface area contributed by atoms with E-state index in [4.69, 9.17) is 29.6 Å². The van der Waals surface area contributed by atoms with E-state index in [2.05, 4.69) is 20.1 Å². The molecule has 4 aromatic rings. The van der Waals surface area contributed by atoms with E-state index in [1.165, 1.54) is 25.0 Å². The number of carbonyl (C=O) groups is 1. The van der Waals surface area contributed by atoms with Crippen molar-refractivity contribution in [1.82, 2.24) is 30.2 Å². The van der Waals surface area contributed by atoms with E-state index in [0.29, 0.717) is 35.7 Å². The number of hydrogen-bond donors (Lipinski definition) is 3. The Bertz CT molecular complexity index is 1440. The van der Waals surface area contributed by atoms with Crippen molar-refractivity contribution in [1.29, 1.82) is 0 Å². The number of thiazole rings is 1. The first-order chi connectivity index (χ1) is 18.6. The van der Waals surface area contributed by atoms with Gasteiger partial charge in [-0.3, -0.25) is 9.69 Å². The summed E-state index contributed by atoms with van der Waals surface area (Å²) in [7, 11) is 0. The van der Waals surface area contributed by atoms with Crippen molar-refractivity contribution < 1.29 is 19.0 Å². The van der Waals surface area contributed by atoms with Gasteiger partial charge in [-0.15, -0.1) is 11.3 Å². The van der Waals surface area contributed by atoms with Crippen molar-refractivity contribution >= 4 is 44.9 Å².